The second-order valence-electron chi connectivity index (χ2n) is 8.68. The molecule has 2 aliphatic rings. The van der Waals surface area contributed by atoms with Gasteiger partial charge in [0.2, 0.25) is 0 Å². The molecule has 0 fully saturated rings. The number of allylic oxidation sites excluding steroid dienone is 2. The number of ketones is 1. The molecule has 3 unspecified atom stereocenters. The lowest BCUT2D eigenvalue weighted by molar-refractivity contribution is -0.134. The van der Waals surface area contributed by atoms with Crippen molar-refractivity contribution in [3.63, 3.8) is 0 Å². The van der Waals surface area contributed by atoms with Gasteiger partial charge in [-0.2, -0.15) is 5.26 Å². The zero-order chi connectivity index (χ0) is 25.5. The van der Waals surface area contributed by atoms with Crippen LogP contribution in [-0.2, 0) is 14.3 Å². The summed E-state index contributed by atoms with van der Waals surface area (Å²) in [7, 11) is 1.31. The van der Waals surface area contributed by atoms with Crippen LogP contribution in [0.1, 0.15) is 57.9 Å². The van der Waals surface area contributed by atoms with E-state index in [-0.39, 0.29) is 12.4 Å². The standard InChI is InChI=1S/C27H31BrN2O5/c1-5-8-17-11-21-26(22(31)12-17)25(19(15-29)16(3)30-21)18-13-20(28)27(23(14-18)34-6-2)35-10-7-9-24(32)33-4/h7,9,13-14,17,19,25H,5-6,8,10-12H2,1-4H3. The van der Waals surface area contributed by atoms with E-state index in [1.165, 1.54) is 13.2 Å². The lowest BCUT2D eigenvalue weighted by Gasteiger charge is -2.35. The minimum atomic E-state index is -0.545. The van der Waals surface area contributed by atoms with E-state index >= 15 is 0 Å². The predicted octanol–water partition coefficient (Wildman–Crippen LogP) is 5.69. The van der Waals surface area contributed by atoms with Crippen LogP contribution < -0.4 is 9.47 Å². The third kappa shape index (κ3) is 6.02. The highest BCUT2D eigenvalue weighted by molar-refractivity contribution is 9.10. The molecular weight excluding hydrogens is 512 g/mol. The summed E-state index contributed by atoms with van der Waals surface area (Å²) in [5.41, 5.74) is 2.99. The quantitative estimate of drug-likeness (QED) is 0.293. The molecule has 3 rings (SSSR count). The Kier molecular flexibility index (Phi) is 9.27. The second-order valence-corrected chi connectivity index (χ2v) is 9.54. The average Bonchev–Trinajstić information content (AvgIpc) is 2.82. The molecule has 7 nitrogen and oxygen atoms in total. The van der Waals surface area contributed by atoms with E-state index in [1.807, 2.05) is 26.0 Å². The Balaban J connectivity index is 2.02. The first-order chi connectivity index (χ1) is 16.8. The number of nitriles is 1. The molecule has 0 saturated carbocycles. The second kappa shape index (κ2) is 12.2. The Morgan fingerprint density at radius 2 is 2.06 bits per heavy atom. The number of esters is 1. The minimum Gasteiger partial charge on any atom is -0.490 e. The van der Waals surface area contributed by atoms with Crippen LogP contribution >= 0.6 is 15.9 Å². The fourth-order valence-electron chi connectivity index (χ4n) is 4.79. The third-order valence-corrected chi connectivity index (χ3v) is 6.87. The van der Waals surface area contributed by atoms with E-state index in [4.69, 9.17) is 14.5 Å². The van der Waals surface area contributed by atoms with Gasteiger partial charge in [0.05, 0.1) is 30.2 Å². The molecule has 0 amide bonds. The molecule has 0 spiro atoms. The first-order valence-corrected chi connectivity index (χ1v) is 12.7. The molecule has 0 aromatic heterocycles. The first kappa shape index (κ1) is 26.7. The fourth-order valence-corrected chi connectivity index (χ4v) is 5.37. The van der Waals surface area contributed by atoms with Gasteiger partial charge in [0.1, 0.15) is 6.61 Å². The van der Waals surface area contributed by atoms with Crippen molar-refractivity contribution in [2.45, 2.75) is 52.4 Å². The molecule has 186 valence electrons. The number of ether oxygens (including phenoxy) is 3. The summed E-state index contributed by atoms with van der Waals surface area (Å²) < 4.78 is 17.0. The number of hydrogen-bond donors (Lipinski definition) is 0. The SMILES string of the molecule is CCCC1CC(=O)C2=C(C1)N=C(C)C(C#N)C2c1cc(Br)c(OCC=CC(=O)OC)c(OCC)c1. The maximum atomic E-state index is 13.3. The van der Waals surface area contributed by atoms with Crippen molar-refractivity contribution in [2.24, 2.45) is 16.8 Å². The number of carbonyl (C=O) groups is 2. The molecule has 0 saturated heterocycles. The van der Waals surface area contributed by atoms with Crippen molar-refractivity contribution in [2.75, 3.05) is 20.3 Å². The Hall–Kier alpha value is -2.92. The molecule has 0 bridgehead atoms. The van der Waals surface area contributed by atoms with Gasteiger partial charge in [-0.05, 0) is 72.3 Å². The van der Waals surface area contributed by atoms with Crippen LogP contribution in [0.4, 0.5) is 0 Å². The average molecular weight is 543 g/mol. The Bertz CT molecular complexity index is 1120. The summed E-state index contributed by atoms with van der Waals surface area (Å²) in [6, 6.07) is 6.10. The Morgan fingerprint density at radius 1 is 1.29 bits per heavy atom. The number of aliphatic imine (C=N–C) groups is 1. The maximum absolute atomic E-state index is 13.3. The minimum absolute atomic E-state index is 0.0774. The molecule has 1 aliphatic heterocycles. The molecule has 0 N–H and O–H groups in total. The van der Waals surface area contributed by atoms with Crippen LogP contribution in [-0.4, -0.2) is 37.8 Å². The van der Waals surface area contributed by atoms with Gasteiger partial charge >= 0.3 is 5.97 Å². The molecular formula is C27H31BrN2O5. The van der Waals surface area contributed by atoms with E-state index in [0.717, 1.165) is 36.2 Å². The van der Waals surface area contributed by atoms with Crippen molar-refractivity contribution in [1.29, 1.82) is 5.26 Å². The van der Waals surface area contributed by atoms with Crippen molar-refractivity contribution >= 4 is 33.4 Å². The molecule has 35 heavy (non-hydrogen) atoms. The highest BCUT2D eigenvalue weighted by atomic mass is 79.9. The van der Waals surface area contributed by atoms with E-state index < -0.39 is 17.8 Å². The summed E-state index contributed by atoms with van der Waals surface area (Å²) in [5, 5.41) is 10.0. The van der Waals surface area contributed by atoms with E-state index in [2.05, 4.69) is 33.7 Å². The maximum Gasteiger partial charge on any atom is 0.330 e. The molecule has 3 atom stereocenters. The van der Waals surface area contributed by atoms with Crippen LogP contribution in [0.3, 0.4) is 0 Å². The van der Waals surface area contributed by atoms with Crippen LogP contribution in [0.15, 0.2) is 45.0 Å². The van der Waals surface area contributed by atoms with Crippen molar-refractivity contribution in [3.05, 3.63) is 45.6 Å². The number of benzene rings is 1. The lowest BCUT2D eigenvalue weighted by Crippen LogP contribution is -2.32. The number of carbonyl (C=O) groups excluding carboxylic acids is 2. The molecule has 1 aromatic rings. The van der Waals surface area contributed by atoms with Gasteiger partial charge in [0, 0.05) is 35.4 Å². The normalized spacial score (nSPS) is 21.9. The highest BCUT2D eigenvalue weighted by Crippen LogP contribution is 2.48. The smallest absolute Gasteiger partial charge is 0.330 e. The summed E-state index contributed by atoms with van der Waals surface area (Å²) in [4.78, 5) is 29.4. The predicted molar refractivity (Wildman–Crippen MR) is 137 cm³/mol. The highest BCUT2D eigenvalue weighted by Gasteiger charge is 2.41. The van der Waals surface area contributed by atoms with Crippen LogP contribution in [0.25, 0.3) is 0 Å². The number of halogens is 1. The number of methoxy groups -OCH3 is 1. The van der Waals surface area contributed by atoms with Gasteiger partial charge in [0.25, 0.3) is 0 Å². The largest absolute Gasteiger partial charge is 0.490 e. The summed E-state index contributed by atoms with van der Waals surface area (Å²) in [6.45, 7) is 6.40. The summed E-state index contributed by atoms with van der Waals surface area (Å²) in [5.74, 6) is -0.0908. The number of Topliss-reactive ketones (excluding diaryl/α,β-unsaturated/α-hetero) is 1. The number of nitrogens with zero attached hydrogens (tertiary/aromatic N) is 2. The van der Waals surface area contributed by atoms with Crippen molar-refractivity contribution in [3.8, 4) is 17.6 Å². The molecule has 1 heterocycles. The van der Waals surface area contributed by atoms with Crippen molar-refractivity contribution in [1.82, 2.24) is 0 Å². The van der Waals surface area contributed by atoms with Gasteiger partial charge in [-0.15, -0.1) is 0 Å². The van der Waals surface area contributed by atoms with Crippen molar-refractivity contribution < 1.29 is 23.8 Å². The van der Waals surface area contributed by atoms with Crippen LogP contribution in [0, 0.1) is 23.2 Å². The zero-order valence-corrected chi connectivity index (χ0v) is 22.2. The van der Waals surface area contributed by atoms with E-state index in [1.54, 1.807) is 6.08 Å². The van der Waals surface area contributed by atoms with Gasteiger partial charge in [-0.3, -0.25) is 9.79 Å². The first-order valence-electron chi connectivity index (χ1n) is 11.9. The molecule has 1 aromatic carbocycles. The zero-order valence-electron chi connectivity index (χ0n) is 20.6. The van der Waals surface area contributed by atoms with E-state index in [0.29, 0.717) is 40.5 Å². The van der Waals surface area contributed by atoms with E-state index in [9.17, 15) is 14.9 Å². The monoisotopic (exact) mass is 542 g/mol. The van der Waals surface area contributed by atoms with Gasteiger partial charge in [-0.25, -0.2) is 4.79 Å². The van der Waals surface area contributed by atoms with Gasteiger partial charge in [0.15, 0.2) is 17.3 Å². The van der Waals surface area contributed by atoms with Gasteiger partial charge < -0.3 is 14.2 Å². The van der Waals surface area contributed by atoms with Crippen LogP contribution in [0.2, 0.25) is 0 Å². The number of rotatable bonds is 9. The summed E-state index contributed by atoms with van der Waals surface area (Å²) in [6.07, 6.45) is 6.10. The Labute approximate surface area is 215 Å². The summed E-state index contributed by atoms with van der Waals surface area (Å²) >= 11 is 3.58. The Morgan fingerprint density at radius 3 is 2.71 bits per heavy atom. The topological polar surface area (TPSA) is 98.0 Å². The lowest BCUT2D eigenvalue weighted by atomic mass is 9.70. The number of hydrogen-bond acceptors (Lipinski definition) is 7. The van der Waals surface area contributed by atoms with Crippen LogP contribution in [0.5, 0.6) is 11.5 Å². The van der Waals surface area contributed by atoms with Gasteiger partial charge in [-0.1, -0.05) is 13.3 Å². The third-order valence-electron chi connectivity index (χ3n) is 6.28. The molecule has 1 aliphatic carbocycles. The fraction of sp³-hybridized carbons (Fsp3) is 0.481. The molecule has 0 radical (unpaired) electrons. The molecule has 8 heteroatoms.